The number of amides is 1. The molecule has 3 rings (SSSR count). The molecule has 1 aliphatic rings. The van der Waals surface area contributed by atoms with Crippen LogP contribution in [0.1, 0.15) is 50.2 Å². The summed E-state index contributed by atoms with van der Waals surface area (Å²) in [6, 6.07) is 16.3. The molecule has 7 nitrogen and oxygen atoms in total. The SMILES string of the molecule is C[C@@H]1CCCCC([C@H](Cc2ccc(NS(=O)(=O)O)cc2)NC(=O)OCc2ccccc2)C1. The van der Waals surface area contributed by atoms with Crippen molar-refractivity contribution < 1.29 is 22.5 Å². The van der Waals surface area contributed by atoms with Gasteiger partial charge in [-0.25, -0.2) is 4.79 Å². The molecule has 0 bridgehead atoms. The van der Waals surface area contributed by atoms with Gasteiger partial charge < -0.3 is 10.1 Å². The zero-order valence-electron chi connectivity index (χ0n) is 18.4. The summed E-state index contributed by atoms with van der Waals surface area (Å²) in [5.41, 5.74) is 2.19. The number of hydrogen-bond acceptors (Lipinski definition) is 4. The van der Waals surface area contributed by atoms with Crippen molar-refractivity contribution in [2.24, 2.45) is 11.8 Å². The maximum atomic E-state index is 12.6. The van der Waals surface area contributed by atoms with Crippen LogP contribution in [0.15, 0.2) is 54.6 Å². The molecule has 32 heavy (non-hydrogen) atoms. The van der Waals surface area contributed by atoms with E-state index in [9.17, 15) is 13.2 Å². The highest BCUT2D eigenvalue weighted by Gasteiger charge is 2.27. The average molecular weight is 461 g/mol. The molecule has 3 atom stereocenters. The molecule has 3 N–H and O–H groups in total. The van der Waals surface area contributed by atoms with Crippen LogP contribution < -0.4 is 10.0 Å². The molecule has 8 heteroatoms. The smallest absolute Gasteiger partial charge is 0.407 e. The number of carbonyl (C=O) groups excluding carboxylic acids is 1. The van der Waals surface area contributed by atoms with Gasteiger partial charge in [-0.05, 0) is 54.4 Å². The third kappa shape index (κ3) is 8.16. The Labute approximate surface area is 190 Å². The van der Waals surface area contributed by atoms with Crippen molar-refractivity contribution in [3.63, 3.8) is 0 Å². The second-order valence-corrected chi connectivity index (χ2v) is 9.83. The van der Waals surface area contributed by atoms with E-state index < -0.39 is 16.4 Å². The van der Waals surface area contributed by atoms with Crippen molar-refractivity contribution in [2.45, 2.75) is 58.1 Å². The Morgan fingerprint density at radius 1 is 1.06 bits per heavy atom. The molecule has 1 amide bonds. The molecule has 174 valence electrons. The molecule has 2 aromatic rings. The maximum absolute atomic E-state index is 12.6. The molecule has 1 fully saturated rings. The summed E-state index contributed by atoms with van der Waals surface area (Å²) in [6.07, 6.45) is 5.84. The number of nitrogens with one attached hydrogen (secondary N) is 2. The molecule has 0 spiro atoms. The van der Waals surface area contributed by atoms with Crippen LogP contribution in [0.2, 0.25) is 0 Å². The summed E-state index contributed by atoms with van der Waals surface area (Å²) in [5, 5.41) is 3.09. The van der Waals surface area contributed by atoms with E-state index in [4.69, 9.17) is 9.29 Å². The second-order valence-electron chi connectivity index (χ2n) is 8.68. The van der Waals surface area contributed by atoms with Crippen molar-refractivity contribution in [2.75, 3.05) is 4.72 Å². The highest BCUT2D eigenvalue weighted by molar-refractivity contribution is 7.87. The van der Waals surface area contributed by atoms with Gasteiger partial charge in [0, 0.05) is 6.04 Å². The Morgan fingerprint density at radius 3 is 2.44 bits per heavy atom. The number of anilines is 1. The van der Waals surface area contributed by atoms with E-state index in [2.05, 4.69) is 12.2 Å². The van der Waals surface area contributed by atoms with E-state index in [1.165, 1.54) is 12.8 Å². The maximum Gasteiger partial charge on any atom is 0.407 e. The van der Waals surface area contributed by atoms with Crippen LogP contribution >= 0.6 is 0 Å². The highest BCUT2D eigenvalue weighted by atomic mass is 32.2. The summed E-state index contributed by atoms with van der Waals surface area (Å²) in [6.45, 7) is 2.48. The minimum atomic E-state index is -4.31. The second kappa shape index (κ2) is 11.3. The van der Waals surface area contributed by atoms with E-state index in [1.807, 2.05) is 35.1 Å². The van der Waals surface area contributed by atoms with Gasteiger partial charge in [-0.15, -0.1) is 0 Å². The fourth-order valence-electron chi connectivity index (χ4n) is 4.38. The normalized spacial score (nSPS) is 20.1. The summed E-state index contributed by atoms with van der Waals surface area (Å²) in [7, 11) is -4.31. The molecule has 0 heterocycles. The van der Waals surface area contributed by atoms with Gasteiger partial charge >= 0.3 is 16.4 Å². The van der Waals surface area contributed by atoms with Gasteiger partial charge in [0.2, 0.25) is 0 Å². The topological polar surface area (TPSA) is 105 Å². The van der Waals surface area contributed by atoms with E-state index in [0.717, 1.165) is 30.4 Å². The van der Waals surface area contributed by atoms with Crippen molar-refractivity contribution in [1.82, 2.24) is 5.32 Å². The zero-order valence-corrected chi connectivity index (χ0v) is 19.2. The molecule has 0 aromatic heterocycles. The number of benzene rings is 2. The number of ether oxygens (including phenoxy) is 1. The summed E-state index contributed by atoms with van der Waals surface area (Å²) >= 11 is 0. The molecular formula is C24H32N2O5S. The molecule has 1 unspecified atom stereocenters. The number of alkyl carbamates (subject to hydrolysis) is 1. The molecule has 2 aromatic carbocycles. The van der Waals surface area contributed by atoms with Gasteiger partial charge in [0.05, 0.1) is 5.69 Å². The fraction of sp³-hybridized carbons (Fsp3) is 0.458. The van der Waals surface area contributed by atoms with E-state index >= 15 is 0 Å². The predicted molar refractivity (Wildman–Crippen MR) is 125 cm³/mol. The Hall–Kier alpha value is -2.58. The quantitative estimate of drug-likeness (QED) is 0.382. The van der Waals surface area contributed by atoms with Gasteiger partial charge in [-0.2, -0.15) is 8.42 Å². The number of rotatable bonds is 8. The largest absolute Gasteiger partial charge is 0.445 e. The van der Waals surface area contributed by atoms with Crippen molar-refractivity contribution >= 4 is 22.1 Å². The van der Waals surface area contributed by atoms with Crippen LogP contribution in [0.4, 0.5) is 10.5 Å². The van der Waals surface area contributed by atoms with Gasteiger partial charge in [0.15, 0.2) is 0 Å². The first-order chi connectivity index (χ1) is 15.3. The van der Waals surface area contributed by atoms with Gasteiger partial charge in [0.25, 0.3) is 0 Å². The Kier molecular flexibility index (Phi) is 8.53. The van der Waals surface area contributed by atoms with Crippen LogP contribution in [-0.4, -0.2) is 25.1 Å². The fourth-order valence-corrected chi connectivity index (χ4v) is 4.81. The Balaban J connectivity index is 1.68. The molecule has 1 saturated carbocycles. The van der Waals surface area contributed by atoms with Crippen LogP contribution in [0.25, 0.3) is 0 Å². The first-order valence-electron chi connectivity index (χ1n) is 11.1. The minimum Gasteiger partial charge on any atom is -0.445 e. The molecule has 0 radical (unpaired) electrons. The van der Waals surface area contributed by atoms with Crippen molar-refractivity contribution in [3.8, 4) is 0 Å². The third-order valence-electron chi connectivity index (χ3n) is 5.97. The van der Waals surface area contributed by atoms with Gasteiger partial charge in [-0.1, -0.05) is 68.7 Å². The number of hydrogen-bond donors (Lipinski definition) is 3. The first-order valence-corrected chi connectivity index (χ1v) is 12.5. The lowest BCUT2D eigenvalue weighted by molar-refractivity contribution is 0.129. The third-order valence-corrected chi connectivity index (χ3v) is 6.46. The first kappa shape index (κ1) is 24.1. The van der Waals surface area contributed by atoms with Crippen LogP contribution in [0.3, 0.4) is 0 Å². The summed E-state index contributed by atoms with van der Waals surface area (Å²) in [4.78, 5) is 12.6. The van der Waals surface area contributed by atoms with Crippen LogP contribution in [-0.2, 0) is 28.1 Å². The van der Waals surface area contributed by atoms with Gasteiger partial charge in [-0.3, -0.25) is 9.27 Å². The van der Waals surface area contributed by atoms with E-state index in [0.29, 0.717) is 18.3 Å². The molecule has 1 aliphatic carbocycles. The Morgan fingerprint density at radius 2 is 1.75 bits per heavy atom. The Bertz CT molecular complexity index is 964. The number of carbonyl (C=O) groups is 1. The monoisotopic (exact) mass is 460 g/mol. The van der Waals surface area contributed by atoms with Crippen LogP contribution in [0, 0.1) is 11.8 Å². The van der Waals surface area contributed by atoms with Crippen LogP contribution in [0.5, 0.6) is 0 Å². The molecular weight excluding hydrogens is 428 g/mol. The molecule has 0 saturated heterocycles. The zero-order chi connectivity index (χ0) is 23.0. The van der Waals surface area contributed by atoms with E-state index in [1.54, 1.807) is 24.3 Å². The lowest BCUT2D eigenvalue weighted by atomic mass is 9.85. The van der Waals surface area contributed by atoms with Crippen molar-refractivity contribution in [3.05, 3.63) is 65.7 Å². The lowest BCUT2D eigenvalue weighted by Gasteiger charge is -2.28. The summed E-state index contributed by atoms with van der Waals surface area (Å²) < 4.78 is 38.4. The summed E-state index contributed by atoms with van der Waals surface area (Å²) in [5.74, 6) is 0.945. The standard InChI is InChI=1S/C24H32N2O5S/c1-18-7-5-6-10-21(15-18)23(25-24(27)31-17-20-8-3-2-4-9-20)16-19-11-13-22(14-12-19)26-32(28,29)30/h2-4,8-9,11-14,18,21,23,26H,5-7,10,15-17H2,1H3,(H,25,27)(H,28,29,30)/t18-,21?,23+/m1/s1. The minimum absolute atomic E-state index is 0.0841. The predicted octanol–water partition coefficient (Wildman–Crippen LogP) is 4.96. The molecule has 0 aliphatic heterocycles. The van der Waals surface area contributed by atoms with Gasteiger partial charge in [0.1, 0.15) is 6.61 Å². The average Bonchev–Trinajstić information content (AvgIpc) is 2.97. The highest BCUT2D eigenvalue weighted by Crippen LogP contribution is 2.31. The van der Waals surface area contributed by atoms with Crippen molar-refractivity contribution in [1.29, 1.82) is 0 Å². The lowest BCUT2D eigenvalue weighted by Crippen LogP contribution is -2.42. The van der Waals surface area contributed by atoms with E-state index in [-0.39, 0.29) is 18.3 Å².